The van der Waals surface area contributed by atoms with E-state index < -0.39 is 0 Å². The van der Waals surface area contributed by atoms with Gasteiger partial charge in [-0.1, -0.05) is 0 Å². The van der Waals surface area contributed by atoms with Crippen molar-refractivity contribution in [1.82, 2.24) is 20.1 Å². The molecule has 2 aromatic heterocycles. The Hall–Kier alpha value is -2.17. The third-order valence-electron chi connectivity index (χ3n) is 2.82. The van der Waals surface area contributed by atoms with Crippen LogP contribution < -0.4 is 5.32 Å². The lowest BCUT2D eigenvalue weighted by atomic mass is 10.2. The second kappa shape index (κ2) is 6.13. The van der Waals surface area contributed by atoms with E-state index in [0.717, 1.165) is 12.0 Å². The monoisotopic (exact) mass is 258 g/mol. The normalized spacial score (nSPS) is 10.7. The lowest BCUT2D eigenvalue weighted by molar-refractivity contribution is 0.0948. The van der Waals surface area contributed by atoms with Gasteiger partial charge in [0.2, 0.25) is 0 Å². The van der Waals surface area contributed by atoms with Gasteiger partial charge in [-0.05, 0) is 44.0 Å². The summed E-state index contributed by atoms with van der Waals surface area (Å²) < 4.78 is 1.78. The number of hydrogen-bond donors (Lipinski definition) is 1. The van der Waals surface area contributed by atoms with Crippen LogP contribution >= 0.6 is 0 Å². The molecule has 2 heterocycles. The molecule has 0 spiro atoms. The first-order valence-electron chi connectivity index (χ1n) is 6.39. The Labute approximate surface area is 112 Å². The van der Waals surface area contributed by atoms with E-state index in [2.05, 4.69) is 15.4 Å². The second-order valence-corrected chi connectivity index (χ2v) is 4.64. The van der Waals surface area contributed by atoms with Crippen molar-refractivity contribution in [2.24, 2.45) is 0 Å². The minimum absolute atomic E-state index is 0.131. The average molecular weight is 258 g/mol. The molecular formula is C14H18N4O. The molecule has 0 fully saturated rings. The maximum atomic E-state index is 11.9. The standard InChI is InChI=1S/C14H18N4O/c1-11(2)18-10-6-13(17-18)14(19)16-9-5-12-3-7-15-8-4-12/h3-4,6-8,10-11H,5,9H2,1-2H3,(H,16,19). The van der Waals surface area contributed by atoms with E-state index in [-0.39, 0.29) is 11.9 Å². The highest BCUT2D eigenvalue weighted by atomic mass is 16.1. The Morgan fingerprint density at radius 1 is 1.32 bits per heavy atom. The zero-order chi connectivity index (χ0) is 13.7. The number of amides is 1. The number of aromatic nitrogens is 3. The quantitative estimate of drug-likeness (QED) is 0.890. The molecule has 2 aromatic rings. The minimum atomic E-state index is -0.131. The first kappa shape index (κ1) is 13.3. The zero-order valence-electron chi connectivity index (χ0n) is 11.2. The van der Waals surface area contributed by atoms with E-state index in [0.29, 0.717) is 12.2 Å². The van der Waals surface area contributed by atoms with Gasteiger partial charge in [0.05, 0.1) is 0 Å². The van der Waals surface area contributed by atoms with Crippen LogP contribution in [0.1, 0.15) is 35.9 Å². The van der Waals surface area contributed by atoms with E-state index in [1.807, 2.05) is 32.2 Å². The van der Waals surface area contributed by atoms with E-state index >= 15 is 0 Å². The SMILES string of the molecule is CC(C)n1ccc(C(=O)NCCc2ccncc2)n1. The fraction of sp³-hybridized carbons (Fsp3) is 0.357. The Morgan fingerprint density at radius 3 is 2.68 bits per heavy atom. The molecule has 0 bridgehead atoms. The molecule has 5 heteroatoms. The molecule has 1 amide bonds. The smallest absolute Gasteiger partial charge is 0.271 e. The predicted octanol–water partition coefficient (Wildman–Crippen LogP) is 1.83. The highest BCUT2D eigenvalue weighted by Crippen LogP contribution is 2.04. The van der Waals surface area contributed by atoms with Crippen molar-refractivity contribution in [3.05, 3.63) is 48.0 Å². The second-order valence-electron chi connectivity index (χ2n) is 4.64. The number of rotatable bonds is 5. The van der Waals surface area contributed by atoms with Gasteiger partial charge in [-0.3, -0.25) is 14.5 Å². The molecule has 0 aliphatic rings. The Bertz CT molecular complexity index is 533. The van der Waals surface area contributed by atoms with Crippen molar-refractivity contribution in [3.63, 3.8) is 0 Å². The van der Waals surface area contributed by atoms with Gasteiger partial charge in [-0.25, -0.2) is 0 Å². The van der Waals surface area contributed by atoms with Crippen LogP contribution in [-0.2, 0) is 6.42 Å². The summed E-state index contributed by atoms with van der Waals surface area (Å²) in [6.07, 6.45) is 6.12. The summed E-state index contributed by atoms with van der Waals surface area (Å²) in [5, 5.41) is 7.09. The number of nitrogens with one attached hydrogen (secondary N) is 1. The van der Waals surface area contributed by atoms with Crippen LogP contribution in [0.15, 0.2) is 36.8 Å². The molecule has 0 atom stereocenters. The van der Waals surface area contributed by atoms with Gasteiger partial charge in [-0.2, -0.15) is 5.10 Å². The predicted molar refractivity (Wildman–Crippen MR) is 72.9 cm³/mol. The Balaban J connectivity index is 1.84. The summed E-state index contributed by atoms with van der Waals surface area (Å²) in [5.74, 6) is -0.131. The molecule has 0 unspecified atom stereocenters. The first-order valence-corrected chi connectivity index (χ1v) is 6.39. The number of pyridine rings is 1. The highest BCUT2D eigenvalue weighted by Gasteiger charge is 2.09. The summed E-state index contributed by atoms with van der Waals surface area (Å²) in [7, 11) is 0. The first-order chi connectivity index (χ1) is 9.16. The van der Waals surface area contributed by atoms with Crippen molar-refractivity contribution in [1.29, 1.82) is 0 Å². The minimum Gasteiger partial charge on any atom is -0.350 e. The van der Waals surface area contributed by atoms with E-state index in [1.165, 1.54) is 0 Å². The summed E-state index contributed by atoms with van der Waals surface area (Å²) in [4.78, 5) is 15.8. The lowest BCUT2D eigenvalue weighted by Crippen LogP contribution is -2.26. The molecule has 0 saturated carbocycles. The number of carbonyl (C=O) groups is 1. The number of hydrogen-bond acceptors (Lipinski definition) is 3. The van der Waals surface area contributed by atoms with Crippen molar-refractivity contribution in [3.8, 4) is 0 Å². The maximum Gasteiger partial charge on any atom is 0.271 e. The van der Waals surface area contributed by atoms with E-state index in [1.54, 1.807) is 23.1 Å². The topological polar surface area (TPSA) is 59.8 Å². The molecule has 5 nitrogen and oxygen atoms in total. The fourth-order valence-corrected chi connectivity index (χ4v) is 1.71. The van der Waals surface area contributed by atoms with Gasteiger partial charge in [0.15, 0.2) is 0 Å². The van der Waals surface area contributed by atoms with Crippen molar-refractivity contribution < 1.29 is 4.79 Å². The summed E-state index contributed by atoms with van der Waals surface area (Å²) in [6, 6.07) is 5.89. The van der Waals surface area contributed by atoms with Crippen molar-refractivity contribution >= 4 is 5.91 Å². The summed E-state index contributed by atoms with van der Waals surface area (Å²) in [6.45, 7) is 4.65. The molecule has 0 radical (unpaired) electrons. The molecule has 2 rings (SSSR count). The summed E-state index contributed by atoms with van der Waals surface area (Å²) >= 11 is 0. The molecule has 0 saturated heterocycles. The van der Waals surface area contributed by atoms with Crippen LogP contribution in [-0.4, -0.2) is 27.2 Å². The molecule has 0 aliphatic carbocycles. The van der Waals surface area contributed by atoms with Gasteiger partial charge in [0.25, 0.3) is 5.91 Å². The van der Waals surface area contributed by atoms with Crippen LogP contribution in [0.4, 0.5) is 0 Å². The maximum absolute atomic E-state index is 11.9. The van der Waals surface area contributed by atoms with Crippen LogP contribution in [0.2, 0.25) is 0 Å². The zero-order valence-corrected chi connectivity index (χ0v) is 11.2. The van der Waals surface area contributed by atoms with Crippen LogP contribution in [0.25, 0.3) is 0 Å². The average Bonchev–Trinajstić information content (AvgIpc) is 2.89. The largest absolute Gasteiger partial charge is 0.350 e. The van der Waals surface area contributed by atoms with Crippen molar-refractivity contribution in [2.45, 2.75) is 26.3 Å². The molecule has 100 valence electrons. The molecule has 19 heavy (non-hydrogen) atoms. The molecule has 1 N–H and O–H groups in total. The Kier molecular flexibility index (Phi) is 4.28. The van der Waals surface area contributed by atoms with E-state index in [9.17, 15) is 4.79 Å². The van der Waals surface area contributed by atoms with Gasteiger partial charge in [0.1, 0.15) is 5.69 Å². The lowest BCUT2D eigenvalue weighted by Gasteiger charge is -2.05. The van der Waals surface area contributed by atoms with Gasteiger partial charge >= 0.3 is 0 Å². The van der Waals surface area contributed by atoms with Crippen LogP contribution in [0.3, 0.4) is 0 Å². The van der Waals surface area contributed by atoms with Gasteiger partial charge in [-0.15, -0.1) is 0 Å². The third kappa shape index (κ3) is 3.64. The summed E-state index contributed by atoms with van der Waals surface area (Å²) in [5.41, 5.74) is 1.62. The Morgan fingerprint density at radius 2 is 2.05 bits per heavy atom. The highest BCUT2D eigenvalue weighted by molar-refractivity contribution is 5.92. The third-order valence-corrected chi connectivity index (χ3v) is 2.82. The van der Waals surface area contributed by atoms with Gasteiger partial charge < -0.3 is 5.32 Å². The fourth-order valence-electron chi connectivity index (χ4n) is 1.71. The van der Waals surface area contributed by atoms with E-state index in [4.69, 9.17) is 0 Å². The van der Waals surface area contributed by atoms with Gasteiger partial charge in [0, 0.05) is 31.2 Å². The van der Waals surface area contributed by atoms with Crippen molar-refractivity contribution in [2.75, 3.05) is 6.54 Å². The number of nitrogens with zero attached hydrogens (tertiary/aromatic N) is 3. The molecular weight excluding hydrogens is 240 g/mol. The number of carbonyl (C=O) groups excluding carboxylic acids is 1. The molecule has 0 aromatic carbocycles. The van der Waals surface area contributed by atoms with Crippen LogP contribution in [0, 0.1) is 0 Å². The molecule has 0 aliphatic heterocycles. The van der Waals surface area contributed by atoms with Crippen LogP contribution in [0.5, 0.6) is 0 Å².